The van der Waals surface area contributed by atoms with Crippen molar-refractivity contribution in [3.8, 4) is 0 Å². The molecule has 1 aromatic heterocycles. The molecule has 5 nitrogen and oxygen atoms in total. The third-order valence-corrected chi connectivity index (χ3v) is 5.00. The van der Waals surface area contributed by atoms with Gasteiger partial charge in [0.05, 0.1) is 24.9 Å². The molecule has 0 bridgehead atoms. The van der Waals surface area contributed by atoms with Gasteiger partial charge in [0, 0.05) is 12.0 Å². The first-order valence-corrected chi connectivity index (χ1v) is 8.61. The zero-order valence-electron chi connectivity index (χ0n) is 12.8. The minimum absolute atomic E-state index is 0.0195. The number of hydrogen-bond acceptors (Lipinski definition) is 5. The smallest absolute Gasteiger partial charge is 0.335 e. The van der Waals surface area contributed by atoms with Crippen molar-refractivity contribution in [2.45, 2.75) is 47.2 Å². The molecule has 0 N–H and O–H groups in total. The Bertz CT molecular complexity index is 508. The van der Waals surface area contributed by atoms with Crippen molar-refractivity contribution in [2.75, 3.05) is 13.2 Å². The number of aryl methyl sites for hydroxylation is 2. The minimum Gasteiger partial charge on any atom is -0.466 e. The summed E-state index contributed by atoms with van der Waals surface area (Å²) in [6.45, 7) is 9.41. The number of rotatable bonds is 8. The Labute approximate surface area is 120 Å². The third-order valence-electron chi connectivity index (χ3n) is 2.99. The molecule has 1 aromatic rings. The van der Waals surface area contributed by atoms with Gasteiger partial charge in [-0.25, -0.2) is 0 Å². The number of carbonyl (C=O) groups excluding carboxylic acids is 1. The van der Waals surface area contributed by atoms with Crippen LogP contribution < -0.4 is 0 Å². The molecular weight excluding hydrogens is 279 g/mol. The zero-order valence-corrected chi connectivity index (χ0v) is 13.7. The summed E-state index contributed by atoms with van der Waals surface area (Å²) < 4.78 is 28.7. The molecule has 114 valence electrons. The fourth-order valence-electron chi connectivity index (χ4n) is 2.18. The lowest BCUT2D eigenvalue weighted by atomic mass is 10.0. The van der Waals surface area contributed by atoms with Crippen LogP contribution in [0.3, 0.4) is 0 Å². The van der Waals surface area contributed by atoms with Gasteiger partial charge in [-0.05, 0) is 27.7 Å². The van der Waals surface area contributed by atoms with Crippen molar-refractivity contribution >= 4 is 13.4 Å². The van der Waals surface area contributed by atoms with Crippen LogP contribution in [0.25, 0.3) is 0 Å². The van der Waals surface area contributed by atoms with Gasteiger partial charge in [0.1, 0.15) is 11.5 Å². The normalized spacial score (nSPS) is 11.8. The maximum atomic E-state index is 12.6. The number of hydrogen-bond donors (Lipinski definition) is 0. The molecule has 0 spiro atoms. The summed E-state index contributed by atoms with van der Waals surface area (Å²) in [6.07, 6.45) is 0.444. The van der Waals surface area contributed by atoms with Crippen LogP contribution in [-0.2, 0) is 19.8 Å². The highest BCUT2D eigenvalue weighted by Crippen LogP contribution is 2.52. The lowest BCUT2D eigenvalue weighted by Crippen LogP contribution is -2.05. The van der Waals surface area contributed by atoms with Gasteiger partial charge in [0.15, 0.2) is 5.78 Å². The maximum absolute atomic E-state index is 12.6. The predicted octanol–water partition coefficient (Wildman–Crippen LogP) is 4.26. The predicted molar refractivity (Wildman–Crippen MR) is 77.4 cm³/mol. The number of furan rings is 1. The highest BCUT2D eigenvalue weighted by molar-refractivity contribution is 7.53. The molecule has 1 rings (SSSR count). The van der Waals surface area contributed by atoms with Gasteiger partial charge in [-0.3, -0.25) is 9.36 Å². The Morgan fingerprint density at radius 1 is 1.10 bits per heavy atom. The van der Waals surface area contributed by atoms with Crippen LogP contribution in [0.1, 0.15) is 54.6 Å². The average molecular weight is 302 g/mol. The second kappa shape index (κ2) is 7.21. The van der Waals surface area contributed by atoms with Crippen LogP contribution in [0.15, 0.2) is 4.42 Å². The Hall–Kier alpha value is -0.900. The van der Waals surface area contributed by atoms with Crippen LogP contribution in [0.4, 0.5) is 0 Å². The fourth-order valence-corrected chi connectivity index (χ4v) is 3.99. The monoisotopic (exact) mass is 302 g/mol. The van der Waals surface area contributed by atoms with Gasteiger partial charge >= 0.3 is 7.60 Å². The third kappa shape index (κ3) is 3.81. The lowest BCUT2D eigenvalue weighted by molar-refractivity contribution is 0.0986. The summed E-state index contributed by atoms with van der Waals surface area (Å²) in [6, 6.07) is 0. The van der Waals surface area contributed by atoms with Crippen molar-refractivity contribution in [3.05, 3.63) is 22.6 Å². The van der Waals surface area contributed by atoms with E-state index < -0.39 is 7.60 Å². The molecule has 0 saturated heterocycles. The molecule has 0 unspecified atom stereocenters. The van der Waals surface area contributed by atoms with Crippen molar-refractivity contribution in [1.29, 1.82) is 0 Å². The summed E-state index contributed by atoms with van der Waals surface area (Å²) >= 11 is 0. The van der Waals surface area contributed by atoms with Crippen molar-refractivity contribution < 1.29 is 22.8 Å². The van der Waals surface area contributed by atoms with Crippen LogP contribution in [0.2, 0.25) is 0 Å². The van der Waals surface area contributed by atoms with E-state index >= 15 is 0 Å². The highest BCUT2D eigenvalue weighted by Gasteiger charge is 2.30. The molecule has 0 saturated carbocycles. The quantitative estimate of drug-likeness (QED) is 0.530. The van der Waals surface area contributed by atoms with E-state index in [9.17, 15) is 9.36 Å². The number of carbonyl (C=O) groups is 1. The standard InChI is InChI=1S/C14H23O5P/c1-6-13(15)14-11(5)19-10(4)12(14)9-20(16,17-7-2)18-8-3/h6-9H2,1-5H3. The molecule has 0 aromatic carbocycles. The lowest BCUT2D eigenvalue weighted by Gasteiger charge is -2.17. The van der Waals surface area contributed by atoms with Crippen molar-refractivity contribution in [3.63, 3.8) is 0 Å². The zero-order chi connectivity index (χ0) is 15.3. The molecule has 1 heterocycles. The molecule has 20 heavy (non-hydrogen) atoms. The van der Waals surface area contributed by atoms with Gasteiger partial charge in [0.2, 0.25) is 0 Å². The molecular formula is C14H23O5P. The van der Waals surface area contributed by atoms with Crippen LogP contribution in [0.5, 0.6) is 0 Å². The van der Waals surface area contributed by atoms with Crippen LogP contribution in [-0.4, -0.2) is 19.0 Å². The molecule has 0 atom stereocenters. The largest absolute Gasteiger partial charge is 0.466 e. The average Bonchev–Trinajstić information content (AvgIpc) is 2.63. The highest BCUT2D eigenvalue weighted by atomic mass is 31.2. The minimum atomic E-state index is -3.24. The molecule has 0 aliphatic carbocycles. The summed E-state index contributed by atoms with van der Waals surface area (Å²) in [5, 5.41) is 0. The fraction of sp³-hybridized carbons (Fsp3) is 0.643. The van der Waals surface area contributed by atoms with Crippen LogP contribution in [0, 0.1) is 13.8 Å². The van der Waals surface area contributed by atoms with E-state index in [0.29, 0.717) is 42.3 Å². The number of ketones is 1. The van der Waals surface area contributed by atoms with E-state index in [1.54, 1.807) is 34.6 Å². The summed E-state index contributed by atoms with van der Waals surface area (Å²) in [4.78, 5) is 12.0. The molecule has 0 radical (unpaired) electrons. The summed E-state index contributed by atoms with van der Waals surface area (Å²) in [5.74, 6) is 1.14. The number of Topliss-reactive ketones (excluding diaryl/α,β-unsaturated/α-hetero) is 1. The molecule has 0 aliphatic rings. The Morgan fingerprint density at radius 3 is 2.10 bits per heavy atom. The second-order valence-corrected chi connectivity index (χ2v) is 6.50. The first-order valence-electron chi connectivity index (χ1n) is 6.88. The van der Waals surface area contributed by atoms with Crippen molar-refractivity contribution in [1.82, 2.24) is 0 Å². The van der Waals surface area contributed by atoms with E-state index in [1.807, 2.05) is 0 Å². The first kappa shape index (κ1) is 17.2. The van der Waals surface area contributed by atoms with E-state index in [0.717, 1.165) is 0 Å². The molecule has 0 aliphatic heterocycles. The van der Waals surface area contributed by atoms with E-state index in [1.165, 1.54) is 0 Å². The first-order chi connectivity index (χ1) is 9.38. The van der Waals surface area contributed by atoms with Crippen molar-refractivity contribution in [2.24, 2.45) is 0 Å². The molecule has 6 heteroatoms. The van der Waals surface area contributed by atoms with Crippen LogP contribution >= 0.6 is 7.60 Å². The Balaban J connectivity index is 3.19. The topological polar surface area (TPSA) is 65.7 Å². The van der Waals surface area contributed by atoms with E-state index in [2.05, 4.69) is 0 Å². The van der Waals surface area contributed by atoms with Gasteiger partial charge in [-0.2, -0.15) is 0 Å². The van der Waals surface area contributed by atoms with E-state index in [4.69, 9.17) is 13.5 Å². The van der Waals surface area contributed by atoms with E-state index in [-0.39, 0.29) is 11.9 Å². The SMILES string of the molecule is CCOP(=O)(Cc1c(C)oc(C)c1C(=O)CC)OCC. The van der Waals surface area contributed by atoms with Gasteiger partial charge in [-0.1, -0.05) is 6.92 Å². The summed E-state index contributed by atoms with van der Waals surface area (Å²) in [5.41, 5.74) is 1.16. The summed E-state index contributed by atoms with van der Waals surface area (Å²) in [7, 11) is -3.24. The molecule has 0 amide bonds. The van der Waals surface area contributed by atoms with Gasteiger partial charge < -0.3 is 13.5 Å². The van der Waals surface area contributed by atoms with Gasteiger partial charge in [0.25, 0.3) is 0 Å². The Kier molecular flexibility index (Phi) is 6.18. The Morgan fingerprint density at radius 2 is 1.65 bits per heavy atom. The molecule has 0 fully saturated rings. The van der Waals surface area contributed by atoms with Gasteiger partial charge in [-0.15, -0.1) is 0 Å². The second-order valence-electron chi connectivity index (χ2n) is 4.45. The maximum Gasteiger partial charge on any atom is 0.335 e.